The lowest BCUT2D eigenvalue weighted by atomic mass is 9.88. The Labute approximate surface area is 142 Å². The summed E-state index contributed by atoms with van der Waals surface area (Å²) in [5.41, 5.74) is 0.0151. The largest absolute Gasteiger partial charge is 0.459 e. The van der Waals surface area contributed by atoms with Gasteiger partial charge in [-0.3, -0.25) is 4.79 Å². The second-order valence-corrected chi connectivity index (χ2v) is 7.46. The summed E-state index contributed by atoms with van der Waals surface area (Å²) in [4.78, 5) is 11.7. The van der Waals surface area contributed by atoms with Crippen LogP contribution < -0.4 is 0 Å². The van der Waals surface area contributed by atoms with Crippen molar-refractivity contribution in [2.75, 3.05) is 6.61 Å². The maximum atomic E-state index is 11.7. The number of ether oxygens (including phenoxy) is 4. The van der Waals surface area contributed by atoms with E-state index in [-0.39, 0.29) is 24.5 Å². The average molecular weight is 332 g/mol. The minimum Gasteiger partial charge on any atom is -0.459 e. The summed E-state index contributed by atoms with van der Waals surface area (Å²) < 4.78 is 24.3. The summed E-state index contributed by atoms with van der Waals surface area (Å²) in [5, 5.41) is 0. The summed E-state index contributed by atoms with van der Waals surface area (Å²) in [7, 11) is 0. The highest BCUT2D eigenvalue weighted by molar-refractivity contribution is 5.70. The van der Waals surface area contributed by atoms with Crippen LogP contribution >= 0.6 is 0 Å². The minimum atomic E-state index is -0.529. The van der Waals surface area contributed by atoms with Crippen LogP contribution in [-0.4, -0.2) is 36.0 Å². The zero-order valence-electron chi connectivity index (χ0n) is 14.2. The molecular weight excluding hydrogens is 308 g/mol. The molecule has 24 heavy (non-hydrogen) atoms. The number of carbonyl (C=O) groups excluding carboxylic acids is 1. The molecule has 0 unspecified atom stereocenters. The summed E-state index contributed by atoms with van der Waals surface area (Å²) in [5.74, 6) is -0.129. The lowest BCUT2D eigenvalue weighted by Gasteiger charge is -2.47. The van der Waals surface area contributed by atoms with E-state index < -0.39 is 11.2 Å². The van der Waals surface area contributed by atoms with Crippen molar-refractivity contribution < 1.29 is 23.7 Å². The molecule has 0 N–H and O–H groups in total. The summed E-state index contributed by atoms with van der Waals surface area (Å²) in [6.07, 6.45) is 1.96. The Morgan fingerprint density at radius 2 is 1.79 bits per heavy atom. The number of fused-ring (bicyclic) bond motifs is 2. The van der Waals surface area contributed by atoms with E-state index in [4.69, 9.17) is 18.9 Å². The highest BCUT2D eigenvalue weighted by Gasteiger charge is 2.54. The minimum absolute atomic E-state index is 0.0856. The fourth-order valence-electron chi connectivity index (χ4n) is 4.09. The van der Waals surface area contributed by atoms with Gasteiger partial charge in [-0.25, -0.2) is 0 Å². The van der Waals surface area contributed by atoms with Crippen LogP contribution in [0.3, 0.4) is 0 Å². The topological polar surface area (TPSA) is 54.0 Å². The Morgan fingerprint density at radius 1 is 1.04 bits per heavy atom. The second-order valence-electron chi connectivity index (χ2n) is 7.46. The van der Waals surface area contributed by atoms with E-state index in [2.05, 4.69) is 0 Å². The second kappa shape index (κ2) is 5.83. The van der Waals surface area contributed by atoms with Crippen molar-refractivity contribution in [1.29, 1.82) is 0 Å². The van der Waals surface area contributed by atoms with Gasteiger partial charge in [0.2, 0.25) is 0 Å². The van der Waals surface area contributed by atoms with Crippen molar-refractivity contribution in [3.8, 4) is 0 Å². The first-order valence-electron chi connectivity index (χ1n) is 8.70. The molecule has 130 valence electrons. The highest BCUT2D eigenvalue weighted by Crippen LogP contribution is 2.45. The molecule has 1 aromatic rings. The van der Waals surface area contributed by atoms with Crippen LogP contribution in [0.15, 0.2) is 30.3 Å². The van der Waals surface area contributed by atoms with Gasteiger partial charge < -0.3 is 18.9 Å². The molecule has 0 aromatic heterocycles. The van der Waals surface area contributed by atoms with Crippen LogP contribution in [0.25, 0.3) is 0 Å². The van der Waals surface area contributed by atoms with Crippen LogP contribution in [-0.2, 0) is 23.7 Å². The van der Waals surface area contributed by atoms with Crippen LogP contribution in [0.1, 0.15) is 51.4 Å². The van der Waals surface area contributed by atoms with Gasteiger partial charge in [-0.1, -0.05) is 30.3 Å². The third kappa shape index (κ3) is 2.75. The Morgan fingerprint density at radius 3 is 2.58 bits per heavy atom. The smallest absolute Gasteiger partial charge is 0.306 e. The van der Waals surface area contributed by atoms with E-state index in [1.54, 1.807) is 0 Å². The number of benzene rings is 1. The molecule has 3 aliphatic rings. The van der Waals surface area contributed by atoms with E-state index in [1.807, 2.05) is 44.2 Å². The molecule has 3 fully saturated rings. The summed E-state index contributed by atoms with van der Waals surface area (Å²) in [6.45, 7) is 4.55. The van der Waals surface area contributed by atoms with Crippen molar-refractivity contribution in [1.82, 2.24) is 0 Å². The van der Waals surface area contributed by atoms with Gasteiger partial charge in [0.15, 0.2) is 6.29 Å². The van der Waals surface area contributed by atoms with Gasteiger partial charge in [0.1, 0.15) is 17.3 Å². The van der Waals surface area contributed by atoms with Crippen molar-refractivity contribution in [2.24, 2.45) is 0 Å². The van der Waals surface area contributed by atoms with Crippen LogP contribution in [0.5, 0.6) is 0 Å². The van der Waals surface area contributed by atoms with E-state index in [0.717, 1.165) is 18.4 Å². The fraction of sp³-hybridized carbons (Fsp3) is 0.632. The van der Waals surface area contributed by atoms with Gasteiger partial charge in [-0.05, 0) is 33.1 Å². The third-order valence-electron chi connectivity index (χ3n) is 5.50. The Kier molecular flexibility index (Phi) is 3.90. The number of rotatable bonds is 1. The van der Waals surface area contributed by atoms with E-state index in [1.165, 1.54) is 0 Å². The van der Waals surface area contributed by atoms with Crippen molar-refractivity contribution in [3.05, 3.63) is 35.9 Å². The number of hydrogen-bond donors (Lipinski definition) is 0. The Balaban J connectivity index is 1.56. The molecule has 0 radical (unpaired) electrons. The number of esters is 1. The molecule has 3 aliphatic heterocycles. The van der Waals surface area contributed by atoms with Crippen molar-refractivity contribution in [3.63, 3.8) is 0 Å². The SMILES string of the molecule is C[C@@]12CO[C@@H](c3ccccc3)O[C@H]1CC[C@H]1OC(=O)CC[C@]1(C)O2. The van der Waals surface area contributed by atoms with Crippen molar-refractivity contribution >= 4 is 5.97 Å². The number of hydrogen-bond acceptors (Lipinski definition) is 5. The standard InChI is InChI=1S/C19H24O5/c1-18-11-10-16(20)22-14(18)8-9-15-19(2,24-18)12-21-17(23-15)13-6-4-3-5-7-13/h3-7,14-15,17H,8-12H2,1-2H3/t14-,15+,17-,18+,19-/m1/s1. The predicted molar refractivity (Wildman–Crippen MR) is 86.3 cm³/mol. The average Bonchev–Trinajstić information content (AvgIpc) is 2.68. The van der Waals surface area contributed by atoms with Gasteiger partial charge in [0, 0.05) is 12.0 Å². The molecule has 0 saturated carbocycles. The normalized spacial score (nSPS) is 42.4. The Bertz CT molecular complexity index is 617. The molecule has 0 aliphatic carbocycles. The lowest BCUT2D eigenvalue weighted by Crippen LogP contribution is -2.57. The van der Waals surface area contributed by atoms with Gasteiger partial charge in [0.25, 0.3) is 0 Å². The molecule has 0 amide bonds. The van der Waals surface area contributed by atoms with Gasteiger partial charge >= 0.3 is 5.97 Å². The maximum absolute atomic E-state index is 11.7. The zero-order chi connectivity index (χ0) is 16.8. The van der Waals surface area contributed by atoms with Crippen LogP contribution in [0, 0.1) is 0 Å². The quantitative estimate of drug-likeness (QED) is 0.740. The molecular formula is C19H24O5. The Hall–Kier alpha value is -1.43. The first-order chi connectivity index (χ1) is 11.5. The molecule has 0 bridgehead atoms. The predicted octanol–water partition coefficient (Wildman–Crippen LogP) is 3.13. The molecule has 0 spiro atoms. The van der Waals surface area contributed by atoms with Gasteiger partial charge in [-0.2, -0.15) is 0 Å². The van der Waals surface area contributed by atoms with Crippen molar-refractivity contribution in [2.45, 2.75) is 69.2 Å². The van der Waals surface area contributed by atoms with E-state index in [0.29, 0.717) is 19.4 Å². The highest BCUT2D eigenvalue weighted by atomic mass is 16.7. The summed E-state index contributed by atoms with van der Waals surface area (Å²) in [6, 6.07) is 9.95. The monoisotopic (exact) mass is 332 g/mol. The first kappa shape index (κ1) is 16.1. The fourth-order valence-corrected chi connectivity index (χ4v) is 4.09. The zero-order valence-corrected chi connectivity index (χ0v) is 14.2. The van der Waals surface area contributed by atoms with E-state index in [9.17, 15) is 4.79 Å². The molecule has 5 nitrogen and oxygen atoms in total. The van der Waals surface area contributed by atoms with Crippen LogP contribution in [0.4, 0.5) is 0 Å². The summed E-state index contributed by atoms with van der Waals surface area (Å²) >= 11 is 0. The maximum Gasteiger partial charge on any atom is 0.306 e. The molecule has 5 atom stereocenters. The molecule has 3 saturated heterocycles. The third-order valence-corrected chi connectivity index (χ3v) is 5.50. The number of carbonyl (C=O) groups is 1. The molecule has 4 rings (SSSR count). The molecule has 1 aromatic carbocycles. The molecule has 3 heterocycles. The van der Waals surface area contributed by atoms with Gasteiger partial charge in [-0.15, -0.1) is 0 Å². The molecule has 5 heteroatoms. The lowest BCUT2D eigenvalue weighted by molar-refractivity contribution is -0.321. The van der Waals surface area contributed by atoms with Crippen LogP contribution in [0.2, 0.25) is 0 Å². The first-order valence-corrected chi connectivity index (χ1v) is 8.70. The van der Waals surface area contributed by atoms with Gasteiger partial charge in [0.05, 0.1) is 12.7 Å². The van der Waals surface area contributed by atoms with E-state index >= 15 is 0 Å².